The number of rotatable bonds is 5. The summed E-state index contributed by atoms with van der Waals surface area (Å²) in [5, 5.41) is 2.78. The van der Waals surface area contributed by atoms with Crippen molar-refractivity contribution in [1.29, 1.82) is 0 Å². The van der Waals surface area contributed by atoms with Gasteiger partial charge in [0.2, 0.25) is 0 Å². The van der Waals surface area contributed by atoms with Gasteiger partial charge >= 0.3 is 6.03 Å². The Kier molecular flexibility index (Phi) is 7.57. The fourth-order valence-electron chi connectivity index (χ4n) is 3.24. The van der Waals surface area contributed by atoms with E-state index < -0.39 is 17.8 Å². The first-order valence-electron chi connectivity index (χ1n) is 9.77. The minimum Gasteiger partial charge on any atom is -0.487 e. The Morgan fingerprint density at radius 2 is 1.65 bits per heavy atom. The van der Waals surface area contributed by atoms with Gasteiger partial charge in [-0.05, 0) is 64.5 Å². The van der Waals surface area contributed by atoms with Gasteiger partial charge in [-0.2, -0.15) is 0 Å². The van der Waals surface area contributed by atoms with Gasteiger partial charge < -0.3 is 4.74 Å². The minimum absolute atomic E-state index is 0.166. The van der Waals surface area contributed by atoms with Gasteiger partial charge in [0.25, 0.3) is 11.8 Å². The number of nitrogens with one attached hydrogen (secondary N) is 1. The number of anilines is 1. The monoisotopic (exact) mass is 666 g/mol. The van der Waals surface area contributed by atoms with Gasteiger partial charge in [0.05, 0.1) is 10.2 Å². The normalized spacial score (nSPS) is 15.0. The fourth-order valence-corrected chi connectivity index (χ4v) is 5.07. The summed E-state index contributed by atoms with van der Waals surface area (Å²) < 4.78 is 8.10. The summed E-state index contributed by atoms with van der Waals surface area (Å²) in [5.74, 6) is -1.14. The highest BCUT2D eigenvalue weighted by molar-refractivity contribution is 9.11. The number of carbonyl (C=O) groups is 3. The van der Waals surface area contributed by atoms with Gasteiger partial charge in [-0.25, -0.2) is 9.69 Å². The Labute approximate surface area is 225 Å². The highest BCUT2D eigenvalue weighted by atomic mass is 79.9. The maximum absolute atomic E-state index is 13.2. The highest BCUT2D eigenvalue weighted by Gasteiger charge is 2.37. The lowest BCUT2D eigenvalue weighted by Gasteiger charge is -2.26. The average molecular weight is 670 g/mol. The quantitative estimate of drug-likeness (QED) is 0.238. The summed E-state index contributed by atoms with van der Waals surface area (Å²) in [6.45, 7) is 0.166. The number of halogens is 4. The third-order valence-electron chi connectivity index (χ3n) is 4.85. The molecule has 4 amide bonds. The summed E-state index contributed by atoms with van der Waals surface area (Å²) in [6.07, 6.45) is 1.40. The number of carbonyl (C=O) groups excluding carboxylic acids is 3. The summed E-state index contributed by atoms with van der Waals surface area (Å²) in [4.78, 5) is 39.2. The van der Waals surface area contributed by atoms with Gasteiger partial charge in [0.1, 0.15) is 17.9 Å². The van der Waals surface area contributed by atoms with Crippen LogP contribution < -0.4 is 15.0 Å². The summed E-state index contributed by atoms with van der Waals surface area (Å²) in [7, 11) is 0. The zero-order chi connectivity index (χ0) is 24.4. The van der Waals surface area contributed by atoms with Crippen molar-refractivity contribution in [3.05, 3.63) is 95.8 Å². The third kappa shape index (κ3) is 5.27. The van der Waals surface area contributed by atoms with E-state index in [2.05, 4.69) is 53.1 Å². The molecular weight excluding hydrogens is 655 g/mol. The standard InChI is InChI=1S/C24H14Br3ClN2O4/c25-15-5-7-17(8-6-15)30-23(32)18(22(31)29-24(30)33)10-14-9-16(26)11-19(27)21(14)34-12-13-3-1-2-4-20(13)28/h1-11H,12H2,(H,29,31,33)/b18-10+. The van der Waals surface area contributed by atoms with E-state index in [0.717, 1.165) is 14.9 Å². The van der Waals surface area contributed by atoms with Crippen LogP contribution in [0.2, 0.25) is 5.02 Å². The van der Waals surface area contributed by atoms with E-state index in [1.165, 1.54) is 6.08 Å². The van der Waals surface area contributed by atoms with E-state index >= 15 is 0 Å². The topological polar surface area (TPSA) is 75.7 Å². The molecule has 0 bridgehead atoms. The van der Waals surface area contributed by atoms with Crippen LogP contribution in [-0.4, -0.2) is 17.8 Å². The molecule has 1 N–H and O–H groups in total. The molecule has 0 radical (unpaired) electrons. The van der Waals surface area contributed by atoms with Crippen LogP contribution in [-0.2, 0) is 16.2 Å². The largest absolute Gasteiger partial charge is 0.487 e. The Morgan fingerprint density at radius 3 is 2.35 bits per heavy atom. The van der Waals surface area contributed by atoms with E-state index in [1.54, 1.807) is 42.5 Å². The van der Waals surface area contributed by atoms with Crippen molar-refractivity contribution in [2.24, 2.45) is 0 Å². The van der Waals surface area contributed by atoms with E-state index in [4.69, 9.17) is 16.3 Å². The number of nitrogens with zero attached hydrogens (tertiary/aromatic N) is 1. The van der Waals surface area contributed by atoms with Gasteiger partial charge in [0.15, 0.2) is 0 Å². The van der Waals surface area contributed by atoms with Crippen LogP contribution in [0.4, 0.5) is 10.5 Å². The summed E-state index contributed by atoms with van der Waals surface area (Å²) >= 11 is 16.5. The molecule has 1 fully saturated rings. The van der Waals surface area contributed by atoms with Crippen molar-refractivity contribution in [3.8, 4) is 5.75 Å². The fraction of sp³-hybridized carbons (Fsp3) is 0.0417. The lowest BCUT2D eigenvalue weighted by atomic mass is 10.1. The first-order valence-corrected chi connectivity index (χ1v) is 12.5. The van der Waals surface area contributed by atoms with Crippen molar-refractivity contribution in [2.45, 2.75) is 6.61 Å². The summed E-state index contributed by atoms with van der Waals surface area (Å²) in [6, 6.07) is 16.5. The first kappa shape index (κ1) is 24.7. The third-order valence-corrected chi connectivity index (χ3v) is 6.80. The van der Waals surface area contributed by atoms with Gasteiger partial charge in [-0.3, -0.25) is 14.9 Å². The molecule has 0 spiro atoms. The van der Waals surface area contributed by atoms with Crippen molar-refractivity contribution < 1.29 is 19.1 Å². The lowest BCUT2D eigenvalue weighted by Crippen LogP contribution is -2.54. The molecule has 172 valence electrons. The molecule has 0 aliphatic carbocycles. The molecule has 10 heteroatoms. The van der Waals surface area contributed by atoms with Crippen molar-refractivity contribution in [2.75, 3.05) is 4.90 Å². The second-order valence-electron chi connectivity index (χ2n) is 7.12. The maximum atomic E-state index is 13.2. The predicted molar refractivity (Wildman–Crippen MR) is 141 cm³/mol. The Hall–Kier alpha value is -2.46. The second kappa shape index (κ2) is 10.4. The molecule has 0 aromatic heterocycles. The summed E-state index contributed by atoms with van der Waals surface area (Å²) in [5.41, 5.74) is 1.35. The first-order chi connectivity index (χ1) is 16.2. The molecule has 1 aliphatic heterocycles. The molecule has 4 rings (SSSR count). The van der Waals surface area contributed by atoms with Crippen LogP contribution >= 0.6 is 59.4 Å². The van der Waals surface area contributed by atoms with E-state index in [-0.39, 0.29) is 12.2 Å². The molecule has 3 aromatic rings. The van der Waals surface area contributed by atoms with E-state index in [0.29, 0.717) is 31.0 Å². The maximum Gasteiger partial charge on any atom is 0.335 e. The van der Waals surface area contributed by atoms with Crippen molar-refractivity contribution in [1.82, 2.24) is 5.32 Å². The van der Waals surface area contributed by atoms with Crippen LogP contribution in [0.25, 0.3) is 6.08 Å². The Balaban J connectivity index is 1.72. The number of hydrogen-bond donors (Lipinski definition) is 1. The van der Waals surface area contributed by atoms with E-state index in [1.807, 2.05) is 18.2 Å². The number of hydrogen-bond acceptors (Lipinski definition) is 4. The van der Waals surface area contributed by atoms with Crippen molar-refractivity contribution in [3.63, 3.8) is 0 Å². The van der Waals surface area contributed by atoms with Crippen LogP contribution in [0.1, 0.15) is 11.1 Å². The molecule has 6 nitrogen and oxygen atoms in total. The molecule has 0 atom stereocenters. The van der Waals surface area contributed by atoms with Gasteiger partial charge in [0, 0.05) is 25.1 Å². The van der Waals surface area contributed by atoms with E-state index in [9.17, 15) is 14.4 Å². The number of benzene rings is 3. The smallest absolute Gasteiger partial charge is 0.335 e. The van der Waals surface area contributed by atoms with Crippen LogP contribution in [0.15, 0.2) is 79.7 Å². The van der Waals surface area contributed by atoms with Crippen LogP contribution in [0, 0.1) is 0 Å². The van der Waals surface area contributed by atoms with Gasteiger partial charge in [-0.15, -0.1) is 0 Å². The molecule has 1 saturated heterocycles. The number of amides is 4. The minimum atomic E-state index is -0.819. The zero-order valence-corrected chi connectivity index (χ0v) is 22.7. The molecule has 0 unspecified atom stereocenters. The number of barbiturate groups is 1. The Morgan fingerprint density at radius 1 is 0.941 bits per heavy atom. The molecular formula is C24H14Br3ClN2O4. The Bertz CT molecular complexity index is 1340. The van der Waals surface area contributed by atoms with Crippen LogP contribution in [0.5, 0.6) is 5.75 Å². The number of imide groups is 2. The van der Waals surface area contributed by atoms with Crippen molar-refractivity contribution >= 4 is 89.0 Å². The molecule has 1 aliphatic rings. The zero-order valence-electron chi connectivity index (χ0n) is 17.2. The lowest BCUT2D eigenvalue weighted by molar-refractivity contribution is -0.122. The SMILES string of the molecule is O=C1NC(=O)N(c2ccc(Br)cc2)C(=O)/C1=C/c1cc(Br)cc(Br)c1OCc1ccccc1Cl. The highest BCUT2D eigenvalue weighted by Crippen LogP contribution is 2.36. The van der Waals surface area contributed by atoms with Crippen LogP contribution in [0.3, 0.4) is 0 Å². The average Bonchev–Trinajstić information content (AvgIpc) is 2.78. The predicted octanol–water partition coefficient (Wildman–Crippen LogP) is 6.87. The molecule has 3 aromatic carbocycles. The molecule has 0 saturated carbocycles. The second-order valence-corrected chi connectivity index (χ2v) is 10.2. The molecule has 34 heavy (non-hydrogen) atoms. The number of ether oxygens (including phenoxy) is 1. The molecule has 1 heterocycles. The number of urea groups is 1. The van der Waals surface area contributed by atoms with Gasteiger partial charge in [-0.1, -0.05) is 61.7 Å².